The molecule has 3 aromatic rings. The Bertz CT molecular complexity index is 926. The fourth-order valence-electron chi connectivity index (χ4n) is 2.27. The summed E-state index contributed by atoms with van der Waals surface area (Å²) < 4.78 is 17.2. The minimum atomic E-state index is -0.433. The number of nitrogens with zero attached hydrogens (tertiary/aromatic N) is 3. The number of thiazole rings is 1. The Morgan fingerprint density at radius 2 is 2.19 bits per heavy atom. The molecule has 0 radical (unpaired) electrons. The molecule has 3 heterocycles. The lowest BCUT2D eigenvalue weighted by Crippen LogP contribution is -2.21. The Balaban J connectivity index is 1.36. The molecule has 0 bridgehead atoms. The molecule has 0 saturated heterocycles. The highest BCUT2D eigenvalue weighted by molar-refractivity contribution is 7.98. The number of carbonyl (C=O) groups excluding carboxylic acids is 1. The van der Waals surface area contributed by atoms with Crippen LogP contribution in [0.2, 0.25) is 0 Å². The number of carbonyl (C=O) groups is 1. The average Bonchev–Trinajstić information content (AvgIpc) is 3.28. The van der Waals surface area contributed by atoms with E-state index in [1.165, 1.54) is 30.0 Å². The lowest BCUT2D eigenvalue weighted by Gasteiger charge is -2.23. The molecule has 26 heavy (non-hydrogen) atoms. The molecule has 1 N–H and O–H groups in total. The quantitative estimate of drug-likeness (QED) is 0.663. The number of rotatable bonds is 5. The fraction of sp³-hybridized carbons (Fsp3) is 0.250. The third-order valence-electron chi connectivity index (χ3n) is 3.38. The van der Waals surface area contributed by atoms with Gasteiger partial charge in [0.05, 0.1) is 5.69 Å². The summed E-state index contributed by atoms with van der Waals surface area (Å²) >= 11 is 2.75. The van der Waals surface area contributed by atoms with Crippen molar-refractivity contribution in [2.75, 3.05) is 11.9 Å². The summed E-state index contributed by atoms with van der Waals surface area (Å²) in [5, 5.41) is 13.6. The highest BCUT2D eigenvalue weighted by Gasteiger charge is 2.27. The Morgan fingerprint density at radius 3 is 3.04 bits per heavy atom. The van der Waals surface area contributed by atoms with Gasteiger partial charge >= 0.3 is 0 Å². The Labute approximate surface area is 156 Å². The molecule has 0 spiro atoms. The van der Waals surface area contributed by atoms with Gasteiger partial charge in [0.2, 0.25) is 12.0 Å². The van der Waals surface area contributed by atoms with Crippen LogP contribution in [0.5, 0.6) is 11.5 Å². The Morgan fingerprint density at radius 1 is 1.35 bits per heavy atom. The number of nitrogens with one attached hydrogen (secondary N) is 1. The van der Waals surface area contributed by atoms with E-state index in [-0.39, 0.29) is 5.91 Å². The molecule has 1 aliphatic heterocycles. The van der Waals surface area contributed by atoms with E-state index in [4.69, 9.17) is 13.9 Å². The van der Waals surface area contributed by atoms with E-state index in [9.17, 15) is 4.79 Å². The lowest BCUT2D eigenvalue weighted by molar-refractivity contribution is -0.114. The van der Waals surface area contributed by atoms with Crippen molar-refractivity contribution >= 4 is 34.1 Å². The number of ether oxygens (including phenoxy) is 2. The normalized spacial score (nSPS) is 15.7. The average molecular weight is 390 g/mol. The fourth-order valence-corrected chi connectivity index (χ4v) is 3.79. The van der Waals surface area contributed by atoms with Gasteiger partial charge in [-0.2, -0.15) is 0 Å². The Hall–Kier alpha value is -2.59. The second-order valence-electron chi connectivity index (χ2n) is 5.38. The van der Waals surface area contributed by atoms with Gasteiger partial charge in [0, 0.05) is 18.1 Å². The summed E-state index contributed by atoms with van der Waals surface area (Å²) in [6.45, 7) is 1.76. The first-order valence-electron chi connectivity index (χ1n) is 7.74. The third kappa shape index (κ3) is 3.81. The van der Waals surface area contributed by atoms with Crippen molar-refractivity contribution in [1.82, 2.24) is 15.2 Å². The van der Waals surface area contributed by atoms with Crippen LogP contribution in [0.1, 0.15) is 24.6 Å². The molecule has 1 amide bonds. The first-order chi connectivity index (χ1) is 12.7. The standard InChI is InChI=1S/C16H14N4O4S2/c1-9(21)17-15-18-10(7-25-15)8-26-16-20-19-14(24-16)13-6-22-11-4-2-3-5-12(11)23-13/h2-5,7,13H,6,8H2,1H3,(H,17,18,21). The Kier molecular flexibility index (Phi) is 4.76. The number of para-hydroxylation sites is 2. The van der Waals surface area contributed by atoms with Gasteiger partial charge in [0.1, 0.15) is 6.61 Å². The zero-order valence-corrected chi connectivity index (χ0v) is 15.3. The zero-order valence-electron chi connectivity index (χ0n) is 13.7. The van der Waals surface area contributed by atoms with E-state index in [0.717, 1.165) is 5.69 Å². The number of amides is 1. The van der Waals surface area contributed by atoms with Crippen molar-refractivity contribution in [2.24, 2.45) is 0 Å². The molecule has 1 atom stereocenters. The number of hydrogen-bond donors (Lipinski definition) is 1. The van der Waals surface area contributed by atoms with Crippen LogP contribution in [-0.4, -0.2) is 27.7 Å². The first-order valence-corrected chi connectivity index (χ1v) is 9.60. The van der Waals surface area contributed by atoms with Gasteiger partial charge in [0.15, 0.2) is 16.6 Å². The summed E-state index contributed by atoms with van der Waals surface area (Å²) in [4.78, 5) is 15.3. The van der Waals surface area contributed by atoms with Gasteiger partial charge in [-0.15, -0.1) is 21.5 Å². The SMILES string of the molecule is CC(=O)Nc1nc(CSc2nnc(C3COc4ccccc4O3)o2)cs1. The molecule has 0 saturated carbocycles. The summed E-state index contributed by atoms with van der Waals surface area (Å²) in [6, 6.07) is 7.45. The highest BCUT2D eigenvalue weighted by Crippen LogP contribution is 2.36. The molecule has 0 fully saturated rings. The van der Waals surface area contributed by atoms with Gasteiger partial charge in [0.25, 0.3) is 11.1 Å². The van der Waals surface area contributed by atoms with Gasteiger partial charge in [-0.1, -0.05) is 23.9 Å². The summed E-state index contributed by atoms with van der Waals surface area (Å²) in [5.41, 5.74) is 0.828. The minimum absolute atomic E-state index is 0.142. The largest absolute Gasteiger partial charge is 0.485 e. The van der Waals surface area contributed by atoms with Crippen LogP contribution in [0.15, 0.2) is 39.3 Å². The third-order valence-corrected chi connectivity index (χ3v) is 5.04. The molecule has 4 rings (SSSR count). The van der Waals surface area contributed by atoms with Crippen LogP contribution < -0.4 is 14.8 Å². The molecule has 1 aromatic carbocycles. The van der Waals surface area contributed by atoms with Gasteiger partial charge < -0.3 is 19.2 Å². The van der Waals surface area contributed by atoms with E-state index in [1.54, 1.807) is 0 Å². The van der Waals surface area contributed by atoms with E-state index >= 15 is 0 Å². The summed E-state index contributed by atoms with van der Waals surface area (Å²) in [6.07, 6.45) is -0.433. The first kappa shape index (κ1) is 16.9. The van der Waals surface area contributed by atoms with Gasteiger partial charge in [-0.05, 0) is 12.1 Å². The molecular weight excluding hydrogens is 376 g/mol. The van der Waals surface area contributed by atoms with Crippen molar-refractivity contribution in [1.29, 1.82) is 0 Å². The van der Waals surface area contributed by atoms with Crippen LogP contribution in [0, 0.1) is 0 Å². The van der Waals surface area contributed by atoms with Crippen LogP contribution in [0.3, 0.4) is 0 Å². The second-order valence-corrected chi connectivity index (χ2v) is 7.17. The molecule has 0 aliphatic carbocycles. The zero-order chi connectivity index (χ0) is 17.9. The molecule has 8 nitrogen and oxygen atoms in total. The maximum Gasteiger partial charge on any atom is 0.277 e. The molecule has 10 heteroatoms. The number of thioether (sulfide) groups is 1. The smallest absolute Gasteiger partial charge is 0.277 e. The number of fused-ring (bicyclic) bond motifs is 1. The minimum Gasteiger partial charge on any atom is -0.485 e. The van der Waals surface area contributed by atoms with Crippen LogP contribution >= 0.6 is 23.1 Å². The summed E-state index contributed by atoms with van der Waals surface area (Å²) in [7, 11) is 0. The number of benzene rings is 1. The molecular formula is C16H14N4O4S2. The van der Waals surface area contributed by atoms with Crippen LogP contribution in [-0.2, 0) is 10.5 Å². The van der Waals surface area contributed by atoms with E-state index in [2.05, 4.69) is 20.5 Å². The van der Waals surface area contributed by atoms with Crippen molar-refractivity contribution in [2.45, 2.75) is 24.0 Å². The lowest BCUT2D eigenvalue weighted by atomic mass is 10.2. The van der Waals surface area contributed by atoms with Crippen molar-refractivity contribution < 1.29 is 18.7 Å². The predicted octanol–water partition coefficient (Wildman–Crippen LogP) is 3.29. The molecule has 1 aliphatic rings. The predicted molar refractivity (Wildman–Crippen MR) is 95.6 cm³/mol. The van der Waals surface area contributed by atoms with Crippen LogP contribution in [0.25, 0.3) is 0 Å². The van der Waals surface area contributed by atoms with Crippen molar-refractivity contribution in [3.63, 3.8) is 0 Å². The van der Waals surface area contributed by atoms with Crippen molar-refractivity contribution in [3.05, 3.63) is 41.2 Å². The van der Waals surface area contributed by atoms with Gasteiger partial charge in [-0.3, -0.25) is 4.79 Å². The molecule has 2 aromatic heterocycles. The number of hydrogen-bond acceptors (Lipinski definition) is 9. The maximum absolute atomic E-state index is 11.0. The second kappa shape index (κ2) is 7.34. The molecule has 134 valence electrons. The number of aromatic nitrogens is 3. The maximum atomic E-state index is 11.0. The molecule has 1 unspecified atom stereocenters. The van der Waals surface area contributed by atoms with E-state index < -0.39 is 6.10 Å². The van der Waals surface area contributed by atoms with E-state index in [0.29, 0.717) is 40.1 Å². The summed E-state index contributed by atoms with van der Waals surface area (Å²) in [5.74, 6) is 2.15. The topological polar surface area (TPSA) is 99.4 Å². The number of anilines is 1. The van der Waals surface area contributed by atoms with Gasteiger partial charge in [-0.25, -0.2) is 4.98 Å². The van der Waals surface area contributed by atoms with Crippen molar-refractivity contribution in [3.8, 4) is 11.5 Å². The van der Waals surface area contributed by atoms with Crippen LogP contribution in [0.4, 0.5) is 5.13 Å². The highest BCUT2D eigenvalue weighted by atomic mass is 32.2. The van der Waals surface area contributed by atoms with E-state index in [1.807, 2.05) is 29.6 Å². The monoisotopic (exact) mass is 390 g/mol.